The van der Waals surface area contributed by atoms with Crippen LogP contribution >= 0.6 is 10.0 Å². The second kappa shape index (κ2) is 20.1. The number of hydrogen-bond donors (Lipinski definition) is 2. The topological polar surface area (TPSA) is 86.7 Å². The van der Waals surface area contributed by atoms with Crippen molar-refractivity contribution in [2.45, 2.75) is 130 Å². The van der Waals surface area contributed by atoms with Gasteiger partial charge in [0.25, 0.3) is 0 Å². The number of aromatic carboxylic acids is 1. The lowest BCUT2D eigenvalue weighted by atomic mass is 9.42. The van der Waals surface area contributed by atoms with Crippen molar-refractivity contribution in [3.63, 3.8) is 0 Å². The average molecular weight is 775 g/mol. The van der Waals surface area contributed by atoms with Crippen molar-refractivity contribution >= 4 is 33.9 Å². The highest BCUT2D eigenvalue weighted by Gasteiger charge is 2.66. The highest BCUT2D eigenvalue weighted by molar-refractivity contribution is 8.34. The van der Waals surface area contributed by atoms with Crippen LogP contribution in [0.4, 0.5) is 0 Å². The van der Waals surface area contributed by atoms with Gasteiger partial charge in [-0.05, 0) is 137 Å². The Kier molecular flexibility index (Phi) is 17.5. The average Bonchev–Trinajstić information content (AvgIpc) is 3.80. The van der Waals surface area contributed by atoms with E-state index < -0.39 is 16.0 Å². The molecule has 306 valence electrons. The van der Waals surface area contributed by atoms with Crippen molar-refractivity contribution in [1.29, 1.82) is 0 Å². The number of rotatable bonds is 6. The molecule has 55 heavy (non-hydrogen) atoms. The summed E-state index contributed by atoms with van der Waals surface area (Å²) >= 11 is 0. The van der Waals surface area contributed by atoms with Crippen LogP contribution in [0, 0.1) is 59.2 Å². The maximum Gasteiger partial charge on any atom is 0.335 e. The molecule has 0 aromatic heterocycles. The second-order valence-electron chi connectivity index (χ2n) is 17.4. The lowest BCUT2D eigenvalue weighted by Gasteiger charge is -2.72. The van der Waals surface area contributed by atoms with E-state index in [0.717, 1.165) is 29.4 Å². The van der Waals surface area contributed by atoms with Crippen LogP contribution in [0.1, 0.15) is 135 Å². The lowest BCUT2D eigenvalue weighted by molar-refractivity contribution is -0.127. The Bertz CT molecular complexity index is 1510. The largest absolute Gasteiger partial charge is 0.478 e. The number of carboxylic acid groups (broad SMARTS) is 1. The van der Waals surface area contributed by atoms with Crippen molar-refractivity contribution in [3.8, 4) is 25.7 Å². The molecule has 8 atom stereocenters. The fourth-order valence-corrected chi connectivity index (χ4v) is 18.8. The first-order valence-electron chi connectivity index (χ1n) is 20.6. The summed E-state index contributed by atoms with van der Waals surface area (Å²) in [6, 6.07) is 7.65. The summed E-state index contributed by atoms with van der Waals surface area (Å²) in [4.78, 5) is 34.0. The SMILES string of the molecule is C#C.C#C.C=C.CC.CC1(C)C(c2ccc(C(=O)O)cc2)=CC[C@@]2(C)C1CC[C@]1(C)C2CCS2(C)C3CCC[C@]3(C)CCC12.O=CNCCN1CCCC1=O. The van der Waals surface area contributed by atoms with Crippen molar-refractivity contribution in [3.05, 3.63) is 54.6 Å². The zero-order valence-corrected chi connectivity index (χ0v) is 36.4. The molecular weight excluding hydrogens is 701 g/mol. The summed E-state index contributed by atoms with van der Waals surface area (Å²) in [6.45, 7) is 25.1. The fraction of sp³-hybridized carbons (Fsp3) is 0.646. The van der Waals surface area contributed by atoms with Gasteiger partial charge in [0.1, 0.15) is 0 Å². The van der Waals surface area contributed by atoms with Gasteiger partial charge in [-0.1, -0.05) is 73.1 Å². The van der Waals surface area contributed by atoms with Crippen LogP contribution in [-0.2, 0) is 9.59 Å². The number of amides is 2. The number of nitrogens with one attached hydrogen (secondary N) is 1. The van der Waals surface area contributed by atoms with E-state index in [1.165, 1.54) is 74.7 Å². The predicted octanol–water partition coefficient (Wildman–Crippen LogP) is 10.5. The van der Waals surface area contributed by atoms with Gasteiger partial charge in [-0.3, -0.25) is 9.59 Å². The molecular formula is C48H74N2O4S. The van der Waals surface area contributed by atoms with Crippen molar-refractivity contribution in [2.24, 2.45) is 33.5 Å². The van der Waals surface area contributed by atoms with E-state index in [1.54, 1.807) is 17.0 Å². The van der Waals surface area contributed by atoms with Crippen LogP contribution < -0.4 is 5.32 Å². The minimum Gasteiger partial charge on any atom is -0.478 e. The van der Waals surface area contributed by atoms with Gasteiger partial charge in [0.15, 0.2) is 0 Å². The number of carbonyl (C=O) groups excluding carboxylic acids is 2. The van der Waals surface area contributed by atoms with E-state index in [-0.39, 0.29) is 11.3 Å². The minimum absolute atomic E-state index is 0.100. The minimum atomic E-state index is -0.843. The first-order chi connectivity index (χ1) is 26.2. The van der Waals surface area contributed by atoms with Gasteiger partial charge in [-0.25, -0.2) is 14.8 Å². The molecule has 0 spiro atoms. The number of hydrogen-bond acceptors (Lipinski definition) is 3. The van der Waals surface area contributed by atoms with Gasteiger partial charge in [0.2, 0.25) is 12.3 Å². The normalized spacial score (nSPS) is 35.7. The number of carbonyl (C=O) groups is 3. The van der Waals surface area contributed by atoms with Gasteiger partial charge in [0, 0.05) is 26.1 Å². The number of nitrogens with zero attached hydrogens (tertiary/aromatic N) is 1. The molecule has 5 unspecified atom stereocenters. The van der Waals surface area contributed by atoms with Crippen LogP contribution in [0.5, 0.6) is 0 Å². The summed E-state index contributed by atoms with van der Waals surface area (Å²) in [5.74, 6) is 2.39. The number of likely N-dealkylation sites (tertiary alicyclic amines) is 1. The number of allylic oxidation sites excluding steroid dienone is 2. The zero-order chi connectivity index (χ0) is 41.8. The summed E-state index contributed by atoms with van der Waals surface area (Å²) < 4.78 is 0. The lowest BCUT2D eigenvalue weighted by Crippen LogP contribution is -2.63. The van der Waals surface area contributed by atoms with Crippen molar-refractivity contribution in [2.75, 3.05) is 31.6 Å². The molecule has 2 amide bonds. The van der Waals surface area contributed by atoms with Crippen molar-refractivity contribution in [1.82, 2.24) is 10.2 Å². The van der Waals surface area contributed by atoms with Crippen LogP contribution in [0.2, 0.25) is 0 Å². The molecule has 5 fully saturated rings. The maximum absolute atomic E-state index is 11.4. The molecule has 1 aromatic carbocycles. The van der Waals surface area contributed by atoms with E-state index >= 15 is 0 Å². The molecule has 2 N–H and O–H groups in total. The maximum atomic E-state index is 11.4. The monoisotopic (exact) mass is 775 g/mol. The number of terminal acetylenes is 2. The van der Waals surface area contributed by atoms with Crippen LogP contribution in [-0.4, -0.2) is 70.4 Å². The Morgan fingerprint density at radius 2 is 1.55 bits per heavy atom. The van der Waals surface area contributed by atoms with Gasteiger partial charge in [-0.2, -0.15) is 0 Å². The number of benzene rings is 1. The molecule has 2 saturated carbocycles. The fourth-order valence-electron chi connectivity index (χ4n) is 12.7. The van der Waals surface area contributed by atoms with Gasteiger partial charge in [0.05, 0.1) is 5.56 Å². The van der Waals surface area contributed by atoms with E-state index in [1.807, 2.05) is 26.0 Å². The first kappa shape index (κ1) is 47.7. The van der Waals surface area contributed by atoms with E-state index in [9.17, 15) is 19.5 Å². The van der Waals surface area contributed by atoms with Crippen molar-refractivity contribution < 1.29 is 19.5 Å². The van der Waals surface area contributed by atoms with Gasteiger partial charge < -0.3 is 15.3 Å². The standard InChI is InChI=1S/C33H48O2S.C7H12N2O2.C2H6.C2H4.2C2H2/c1-30(2)24(22-9-11-23(12-10-22)29(34)35)13-19-32(4)25(30)14-20-33(5)26(32)16-21-36(6)27-8-7-17-31(27,3)18-15-28(33)36;10-6-8-3-5-9-4-1-2-7(9)11;4*1-2/h9-13,25-28H,7-8,14-21H2,1-6H3,(H,34,35);6H,1-5H2,(H,8,10);1-2H3;1-2H2;2*1-2H/t25?,26?,27?,28?,31-,32+,33-;;;;;/m1...../s1. The highest BCUT2D eigenvalue weighted by atomic mass is 32.3. The molecule has 3 saturated heterocycles. The third-order valence-electron chi connectivity index (χ3n) is 14.7. The van der Waals surface area contributed by atoms with Crippen LogP contribution in [0.25, 0.3) is 5.57 Å². The van der Waals surface area contributed by atoms with Crippen LogP contribution in [0.15, 0.2) is 43.5 Å². The molecule has 7 rings (SSSR count). The third-order valence-corrected chi connectivity index (χ3v) is 20.0. The number of fused-ring (bicyclic) bond motifs is 7. The Morgan fingerprint density at radius 1 is 0.909 bits per heavy atom. The first-order valence-corrected chi connectivity index (χ1v) is 22.9. The van der Waals surface area contributed by atoms with E-state index in [0.29, 0.717) is 53.6 Å². The molecule has 0 radical (unpaired) electrons. The highest BCUT2D eigenvalue weighted by Crippen LogP contribution is 2.79. The molecule has 3 heterocycles. The molecule has 3 aliphatic heterocycles. The van der Waals surface area contributed by atoms with Gasteiger partial charge in [-0.15, -0.1) is 38.9 Å². The molecule has 0 bridgehead atoms. The molecule has 6 nitrogen and oxygen atoms in total. The van der Waals surface area contributed by atoms with Gasteiger partial charge >= 0.3 is 5.97 Å². The second-order valence-corrected chi connectivity index (χ2v) is 21.4. The smallest absolute Gasteiger partial charge is 0.335 e. The zero-order valence-electron chi connectivity index (χ0n) is 35.6. The third kappa shape index (κ3) is 9.09. The summed E-state index contributed by atoms with van der Waals surface area (Å²) in [6.07, 6.45) is 36.5. The quantitative estimate of drug-likeness (QED) is 0.130. The Hall–Kier alpha value is -3.42. The predicted molar refractivity (Wildman–Crippen MR) is 236 cm³/mol. The summed E-state index contributed by atoms with van der Waals surface area (Å²) in [5, 5.41) is 13.9. The molecule has 1 aromatic rings. The Balaban J connectivity index is 0.000000464. The van der Waals surface area contributed by atoms with E-state index in [2.05, 4.69) is 91.1 Å². The number of carboxylic acids is 1. The summed E-state index contributed by atoms with van der Waals surface area (Å²) in [5.41, 5.74) is 4.64. The molecule has 7 heteroatoms. The Labute approximate surface area is 337 Å². The summed E-state index contributed by atoms with van der Waals surface area (Å²) in [7, 11) is -0.569. The van der Waals surface area contributed by atoms with Crippen LogP contribution in [0.3, 0.4) is 0 Å². The van der Waals surface area contributed by atoms with E-state index in [4.69, 9.17) is 0 Å². The molecule has 3 aliphatic carbocycles. The Morgan fingerprint density at radius 3 is 2.11 bits per heavy atom. The molecule has 6 aliphatic rings.